The molecule has 1 unspecified atom stereocenters. The van der Waals surface area contributed by atoms with Crippen LogP contribution in [0.25, 0.3) is 0 Å². The summed E-state index contributed by atoms with van der Waals surface area (Å²) in [6, 6.07) is 4.72. The van der Waals surface area contributed by atoms with Crippen LogP contribution in [0.1, 0.15) is 34.7 Å². The maximum absolute atomic E-state index is 6.02. The highest BCUT2D eigenvalue weighted by atomic mass is 14.6. The van der Waals surface area contributed by atoms with E-state index in [0.717, 1.165) is 12.8 Å². The normalized spacial score (nSPS) is 21.1. The van der Waals surface area contributed by atoms with Crippen molar-refractivity contribution in [2.45, 2.75) is 32.7 Å². The predicted octanol–water partition coefficient (Wildman–Crippen LogP) is 2.25. The van der Waals surface area contributed by atoms with Crippen LogP contribution in [0.5, 0.6) is 0 Å². The van der Waals surface area contributed by atoms with Gasteiger partial charge in [-0.2, -0.15) is 0 Å². The molecule has 1 nitrogen and oxygen atoms in total. The fourth-order valence-electron chi connectivity index (χ4n) is 2.08. The summed E-state index contributed by atoms with van der Waals surface area (Å²) >= 11 is 0. The number of rotatable bonds is 0. The first-order valence-electron chi connectivity index (χ1n) is 4.54. The molecule has 0 bridgehead atoms. The highest BCUT2D eigenvalue weighted by molar-refractivity contribution is 5.44. The molecule has 0 spiro atoms. The fraction of sp³-hybridized carbons (Fsp3) is 0.455. The molecule has 0 aromatic heterocycles. The Morgan fingerprint density at radius 3 is 2.83 bits per heavy atom. The van der Waals surface area contributed by atoms with Gasteiger partial charge in [-0.05, 0) is 48.9 Å². The lowest BCUT2D eigenvalue weighted by molar-refractivity contribution is 0.710. The maximum Gasteiger partial charge on any atom is 0.0303 e. The van der Waals surface area contributed by atoms with Crippen molar-refractivity contribution in [2.75, 3.05) is 0 Å². The molecule has 1 heteroatoms. The van der Waals surface area contributed by atoms with Crippen molar-refractivity contribution >= 4 is 0 Å². The van der Waals surface area contributed by atoms with Gasteiger partial charge in [0, 0.05) is 6.04 Å². The van der Waals surface area contributed by atoms with Crippen molar-refractivity contribution in [2.24, 2.45) is 5.73 Å². The fourth-order valence-corrected chi connectivity index (χ4v) is 2.08. The smallest absolute Gasteiger partial charge is 0.0303 e. The summed E-state index contributed by atoms with van der Waals surface area (Å²) in [5, 5.41) is 0. The van der Waals surface area contributed by atoms with Crippen LogP contribution < -0.4 is 5.73 Å². The summed E-state index contributed by atoms with van der Waals surface area (Å²) < 4.78 is 0. The number of hydrogen-bond donors (Lipinski definition) is 1. The molecule has 2 rings (SSSR count). The van der Waals surface area contributed by atoms with Gasteiger partial charge in [-0.1, -0.05) is 12.1 Å². The van der Waals surface area contributed by atoms with Crippen molar-refractivity contribution < 1.29 is 0 Å². The highest BCUT2D eigenvalue weighted by Gasteiger charge is 2.20. The van der Waals surface area contributed by atoms with Crippen molar-refractivity contribution in [1.29, 1.82) is 0 Å². The summed E-state index contributed by atoms with van der Waals surface area (Å²) in [6.45, 7) is 4.33. The number of nitrogens with two attached hydrogens (primary N) is 1. The average Bonchev–Trinajstić information content (AvgIpc) is 2.41. The van der Waals surface area contributed by atoms with Crippen LogP contribution in [-0.4, -0.2) is 0 Å². The Morgan fingerprint density at radius 2 is 2.08 bits per heavy atom. The van der Waals surface area contributed by atoms with Gasteiger partial charge in [0.2, 0.25) is 0 Å². The minimum absolute atomic E-state index is 0.292. The lowest BCUT2D eigenvalue weighted by atomic mass is 9.98. The van der Waals surface area contributed by atoms with Crippen LogP contribution in [0, 0.1) is 13.8 Å². The number of benzene rings is 1. The zero-order valence-corrected chi connectivity index (χ0v) is 7.72. The van der Waals surface area contributed by atoms with Crippen molar-refractivity contribution in [3.05, 3.63) is 34.4 Å². The van der Waals surface area contributed by atoms with Gasteiger partial charge in [-0.15, -0.1) is 0 Å². The zero-order valence-electron chi connectivity index (χ0n) is 7.72. The third-order valence-corrected chi connectivity index (χ3v) is 2.97. The van der Waals surface area contributed by atoms with Gasteiger partial charge in [0.25, 0.3) is 0 Å². The molecule has 0 radical (unpaired) electrons. The second kappa shape index (κ2) is 2.60. The second-order valence-corrected chi connectivity index (χ2v) is 3.73. The van der Waals surface area contributed by atoms with E-state index in [1.165, 1.54) is 22.3 Å². The lowest BCUT2D eigenvalue weighted by Gasteiger charge is -2.10. The minimum Gasteiger partial charge on any atom is -0.324 e. The monoisotopic (exact) mass is 161 g/mol. The summed E-state index contributed by atoms with van der Waals surface area (Å²) in [5.74, 6) is 0. The standard InChI is InChI=1S/C11H15N/c1-7-3-4-9-5-6-10(12)11(9)8(7)2/h3-4,10H,5-6,12H2,1-2H3. The predicted molar refractivity (Wildman–Crippen MR) is 51.2 cm³/mol. The largest absolute Gasteiger partial charge is 0.324 e. The van der Waals surface area contributed by atoms with Crippen LogP contribution in [-0.2, 0) is 6.42 Å². The molecule has 64 valence electrons. The molecule has 1 atom stereocenters. The Bertz CT molecular complexity index is 315. The van der Waals surface area contributed by atoms with E-state index in [2.05, 4.69) is 26.0 Å². The average molecular weight is 161 g/mol. The first kappa shape index (κ1) is 7.81. The zero-order chi connectivity index (χ0) is 8.72. The van der Waals surface area contributed by atoms with Gasteiger partial charge in [0.05, 0.1) is 0 Å². The van der Waals surface area contributed by atoms with Crippen LogP contribution in [0.15, 0.2) is 12.1 Å². The van der Waals surface area contributed by atoms with Crippen molar-refractivity contribution in [3.63, 3.8) is 0 Å². The lowest BCUT2D eigenvalue weighted by Crippen LogP contribution is -2.07. The molecular weight excluding hydrogens is 146 g/mol. The maximum atomic E-state index is 6.02. The van der Waals surface area contributed by atoms with Crippen molar-refractivity contribution in [1.82, 2.24) is 0 Å². The molecule has 2 N–H and O–H groups in total. The summed E-state index contributed by atoms with van der Waals surface area (Å²) in [6.07, 6.45) is 2.29. The Balaban J connectivity index is 2.63. The minimum atomic E-state index is 0.292. The molecule has 12 heavy (non-hydrogen) atoms. The first-order chi connectivity index (χ1) is 5.70. The van der Waals surface area contributed by atoms with Crippen molar-refractivity contribution in [3.8, 4) is 0 Å². The topological polar surface area (TPSA) is 26.0 Å². The Labute approximate surface area is 73.6 Å². The van der Waals surface area contributed by atoms with Gasteiger partial charge in [-0.25, -0.2) is 0 Å². The van der Waals surface area contributed by atoms with Gasteiger partial charge in [0.1, 0.15) is 0 Å². The quantitative estimate of drug-likeness (QED) is 0.620. The van der Waals surface area contributed by atoms with E-state index in [1.807, 2.05) is 0 Å². The molecule has 1 aliphatic carbocycles. The van der Waals surface area contributed by atoms with Crippen LogP contribution in [0.3, 0.4) is 0 Å². The van der Waals surface area contributed by atoms with Gasteiger partial charge >= 0.3 is 0 Å². The number of hydrogen-bond acceptors (Lipinski definition) is 1. The molecule has 1 aromatic rings. The Morgan fingerprint density at radius 1 is 1.33 bits per heavy atom. The molecular formula is C11H15N. The molecule has 0 heterocycles. The Kier molecular flexibility index (Phi) is 1.69. The van der Waals surface area contributed by atoms with E-state index < -0.39 is 0 Å². The summed E-state index contributed by atoms with van der Waals surface area (Å²) in [4.78, 5) is 0. The van der Waals surface area contributed by atoms with E-state index in [1.54, 1.807) is 0 Å². The van der Waals surface area contributed by atoms with Gasteiger partial charge < -0.3 is 5.73 Å². The SMILES string of the molecule is Cc1ccc2c(c1C)C(N)CC2. The Hall–Kier alpha value is -0.820. The first-order valence-corrected chi connectivity index (χ1v) is 4.54. The van der Waals surface area contributed by atoms with Crippen LogP contribution in [0.4, 0.5) is 0 Å². The highest BCUT2D eigenvalue weighted by Crippen LogP contribution is 2.32. The summed E-state index contributed by atoms with van der Waals surface area (Å²) in [7, 11) is 0. The molecule has 0 saturated heterocycles. The molecule has 1 aromatic carbocycles. The number of fused-ring (bicyclic) bond motifs is 1. The van der Waals surface area contributed by atoms with Gasteiger partial charge in [-0.3, -0.25) is 0 Å². The third-order valence-electron chi connectivity index (χ3n) is 2.97. The van der Waals surface area contributed by atoms with E-state index in [4.69, 9.17) is 5.73 Å². The van der Waals surface area contributed by atoms with Crippen LogP contribution >= 0.6 is 0 Å². The molecule has 0 amide bonds. The third kappa shape index (κ3) is 0.969. The molecule has 0 saturated carbocycles. The number of aryl methyl sites for hydroxylation is 2. The van der Waals surface area contributed by atoms with E-state index in [9.17, 15) is 0 Å². The molecule has 0 aliphatic heterocycles. The van der Waals surface area contributed by atoms with E-state index in [0.29, 0.717) is 6.04 Å². The second-order valence-electron chi connectivity index (χ2n) is 3.73. The molecule has 0 fully saturated rings. The van der Waals surface area contributed by atoms with Gasteiger partial charge in [0.15, 0.2) is 0 Å². The molecule has 1 aliphatic rings. The van der Waals surface area contributed by atoms with E-state index >= 15 is 0 Å². The van der Waals surface area contributed by atoms with E-state index in [-0.39, 0.29) is 0 Å². The van der Waals surface area contributed by atoms with Crippen LogP contribution in [0.2, 0.25) is 0 Å². The summed E-state index contributed by atoms with van der Waals surface area (Å²) in [5.41, 5.74) is 11.7.